The minimum atomic E-state index is 0.503. The molecule has 1 aromatic carbocycles. The zero-order valence-corrected chi connectivity index (χ0v) is 11.9. The second-order valence-electron chi connectivity index (χ2n) is 4.85. The van der Waals surface area contributed by atoms with E-state index >= 15 is 0 Å². The number of rotatable bonds is 2. The number of hydrogen-bond acceptors (Lipinski definition) is 4. The molecule has 5 heteroatoms. The van der Waals surface area contributed by atoms with E-state index in [4.69, 9.17) is 11.6 Å². The number of hydrogen-bond donors (Lipinski definition) is 1. The third-order valence-electron chi connectivity index (χ3n) is 3.32. The number of aromatic nitrogens is 1. The number of piperidine rings is 1. The van der Waals surface area contributed by atoms with Gasteiger partial charge in [-0.2, -0.15) is 0 Å². The van der Waals surface area contributed by atoms with Crippen molar-refractivity contribution in [3.05, 3.63) is 23.2 Å². The van der Waals surface area contributed by atoms with Crippen molar-refractivity contribution in [3.63, 3.8) is 0 Å². The minimum Gasteiger partial charge on any atom is -0.357 e. The van der Waals surface area contributed by atoms with Crippen LogP contribution in [0.4, 0.5) is 5.13 Å². The maximum atomic E-state index is 6.17. The van der Waals surface area contributed by atoms with E-state index in [1.165, 1.54) is 19.4 Å². The van der Waals surface area contributed by atoms with Crippen LogP contribution in [0.15, 0.2) is 18.2 Å². The van der Waals surface area contributed by atoms with E-state index in [0.29, 0.717) is 6.04 Å². The van der Waals surface area contributed by atoms with Crippen molar-refractivity contribution in [2.24, 2.45) is 0 Å². The first-order valence-corrected chi connectivity index (χ1v) is 7.42. The molecule has 1 aromatic heterocycles. The first-order valence-electron chi connectivity index (χ1n) is 6.22. The largest absolute Gasteiger partial charge is 0.357 e. The summed E-state index contributed by atoms with van der Waals surface area (Å²) >= 11 is 7.82. The van der Waals surface area contributed by atoms with Crippen molar-refractivity contribution in [1.82, 2.24) is 9.88 Å². The molecule has 3 nitrogen and oxygen atoms in total. The average Bonchev–Trinajstić information content (AvgIpc) is 2.73. The van der Waals surface area contributed by atoms with Crippen molar-refractivity contribution in [3.8, 4) is 0 Å². The number of likely N-dealkylation sites (N-methyl/N-ethyl adjacent to an activating group) is 1. The van der Waals surface area contributed by atoms with Gasteiger partial charge < -0.3 is 10.2 Å². The van der Waals surface area contributed by atoms with Crippen LogP contribution in [0.5, 0.6) is 0 Å². The Hall–Kier alpha value is -0.840. The van der Waals surface area contributed by atoms with E-state index in [-0.39, 0.29) is 0 Å². The van der Waals surface area contributed by atoms with E-state index < -0.39 is 0 Å². The first-order chi connectivity index (χ1) is 8.72. The summed E-state index contributed by atoms with van der Waals surface area (Å²) in [6.07, 6.45) is 2.47. The highest BCUT2D eigenvalue weighted by molar-refractivity contribution is 7.22. The normalized spacial score (nSPS) is 21.3. The van der Waals surface area contributed by atoms with Crippen molar-refractivity contribution in [1.29, 1.82) is 0 Å². The van der Waals surface area contributed by atoms with E-state index in [1.807, 2.05) is 18.2 Å². The van der Waals surface area contributed by atoms with Crippen LogP contribution >= 0.6 is 22.9 Å². The first kappa shape index (κ1) is 12.2. The molecule has 1 aliphatic heterocycles. The number of likely N-dealkylation sites (tertiary alicyclic amines) is 1. The number of fused-ring (bicyclic) bond motifs is 1. The van der Waals surface area contributed by atoms with Crippen LogP contribution in [-0.2, 0) is 0 Å². The van der Waals surface area contributed by atoms with Crippen molar-refractivity contribution >= 4 is 38.3 Å². The Bertz CT molecular complexity index is 554. The molecule has 0 bridgehead atoms. The molecule has 3 rings (SSSR count). The molecule has 0 aliphatic carbocycles. The van der Waals surface area contributed by atoms with Gasteiger partial charge in [-0.05, 0) is 38.6 Å². The Morgan fingerprint density at radius 1 is 1.50 bits per heavy atom. The molecule has 1 N–H and O–H groups in total. The van der Waals surface area contributed by atoms with Gasteiger partial charge in [0.1, 0.15) is 0 Å². The van der Waals surface area contributed by atoms with Crippen LogP contribution in [0.3, 0.4) is 0 Å². The van der Waals surface area contributed by atoms with Crippen LogP contribution in [0, 0.1) is 0 Å². The highest BCUT2D eigenvalue weighted by Gasteiger charge is 2.18. The van der Waals surface area contributed by atoms with Crippen LogP contribution in [-0.4, -0.2) is 36.1 Å². The van der Waals surface area contributed by atoms with Crippen LogP contribution in [0.25, 0.3) is 10.2 Å². The lowest BCUT2D eigenvalue weighted by atomic mass is 10.1. The summed E-state index contributed by atoms with van der Waals surface area (Å²) in [6, 6.07) is 6.38. The van der Waals surface area contributed by atoms with Crippen LogP contribution in [0.2, 0.25) is 5.02 Å². The zero-order valence-electron chi connectivity index (χ0n) is 10.3. The molecule has 1 aliphatic rings. The van der Waals surface area contributed by atoms with E-state index in [9.17, 15) is 0 Å². The van der Waals surface area contributed by atoms with Gasteiger partial charge in [0.25, 0.3) is 0 Å². The molecule has 0 amide bonds. The number of nitrogens with zero attached hydrogens (tertiary/aromatic N) is 2. The fourth-order valence-electron chi connectivity index (χ4n) is 2.44. The monoisotopic (exact) mass is 281 g/mol. The van der Waals surface area contributed by atoms with E-state index in [2.05, 4.69) is 22.2 Å². The second kappa shape index (κ2) is 5.03. The molecule has 0 spiro atoms. The molecule has 2 heterocycles. The smallest absolute Gasteiger partial charge is 0.184 e. The van der Waals surface area contributed by atoms with Gasteiger partial charge in [0.2, 0.25) is 0 Å². The number of halogens is 1. The molecule has 0 saturated carbocycles. The van der Waals surface area contributed by atoms with Crippen molar-refractivity contribution in [2.45, 2.75) is 18.9 Å². The molecule has 1 unspecified atom stereocenters. The zero-order chi connectivity index (χ0) is 12.5. The molecular weight excluding hydrogens is 266 g/mol. The summed E-state index contributed by atoms with van der Waals surface area (Å²) in [5, 5.41) is 5.31. The molecule has 1 atom stereocenters. The molecule has 1 fully saturated rings. The molecule has 0 radical (unpaired) electrons. The maximum absolute atomic E-state index is 6.17. The predicted molar refractivity (Wildman–Crippen MR) is 78.8 cm³/mol. The Kier molecular flexibility index (Phi) is 3.41. The Morgan fingerprint density at radius 3 is 3.17 bits per heavy atom. The van der Waals surface area contributed by atoms with Gasteiger partial charge in [0.05, 0.1) is 15.2 Å². The summed E-state index contributed by atoms with van der Waals surface area (Å²) in [4.78, 5) is 6.96. The number of anilines is 1. The van der Waals surface area contributed by atoms with Gasteiger partial charge in [0.15, 0.2) is 5.13 Å². The van der Waals surface area contributed by atoms with Crippen LogP contribution in [0.1, 0.15) is 12.8 Å². The fourth-order valence-corrected chi connectivity index (χ4v) is 3.67. The lowest BCUT2D eigenvalue weighted by molar-refractivity contribution is 0.261. The molecule has 1 saturated heterocycles. The van der Waals surface area contributed by atoms with E-state index in [1.54, 1.807) is 11.3 Å². The lowest BCUT2D eigenvalue weighted by Crippen LogP contribution is -2.39. The summed E-state index contributed by atoms with van der Waals surface area (Å²) in [6.45, 7) is 2.29. The lowest BCUT2D eigenvalue weighted by Gasteiger charge is -2.29. The van der Waals surface area contributed by atoms with Crippen molar-refractivity contribution in [2.75, 3.05) is 25.5 Å². The number of nitrogens with one attached hydrogen (secondary N) is 1. The van der Waals surface area contributed by atoms with Gasteiger partial charge in [-0.25, -0.2) is 4.98 Å². The summed E-state index contributed by atoms with van der Waals surface area (Å²) in [7, 11) is 2.17. The standard InChI is InChI=1S/C13H16ClN3S/c1-17-7-3-4-9(8-17)15-13-16-11-6-2-5-10(14)12(11)18-13/h2,5-6,9H,3-4,7-8H2,1H3,(H,15,16). The van der Waals surface area contributed by atoms with Gasteiger partial charge >= 0.3 is 0 Å². The summed E-state index contributed by atoms with van der Waals surface area (Å²) in [5.41, 5.74) is 0.985. The van der Waals surface area contributed by atoms with Gasteiger partial charge in [-0.3, -0.25) is 0 Å². The minimum absolute atomic E-state index is 0.503. The third kappa shape index (κ3) is 2.46. The van der Waals surface area contributed by atoms with Crippen molar-refractivity contribution < 1.29 is 0 Å². The van der Waals surface area contributed by atoms with Gasteiger partial charge in [0, 0.05) is 12.6 Å². The Morgan fingerprint density at radius 2 is 2.39 bits per heavy atom. The van der Waals surface area contributed by atoms with Gasteiger partial charge in [-0.15, -0.1) is 0 Å². The third-order valence-corrected chi connectivity index (χ3v) is 4.78. The average molecular weight is 282 g/mol. The SMILES string of the molecule is CN1CCCC(Nc2nc3cccc(Cl)c3s2)C1. The fraction of sp³-hybridized carbons (Fsp3) is 0.462. The van der Waals surface area contributed by atoms with E-state index in [0.717, 1.165) is 26.9 Å². The number of benzene rings is 1. The molecular formula is C13H16ClN3S. The molecule has 2 aromatic rings. The predicted octanol–water partition coefficient (Wildman–Crippen LogP) is 3.46. The maximum Gasteiger partial charge on any atom is 0.184 e. The number of thiazole rings is 1. The summed E-state index contributed by atoms with van der Waals surface area (Å²) < 4.78 is 1.07. The molecule has 18 heavy (non-hydrogen) atoms. The Labute approximate surface area is 116 Å². The summed E-state index contributed by atoms with van der Waals surface area (Å²) in [5.74, 6) is 0. The van der Waals surface area contributed by atoms with Crippen LogP contribution < -0.4 is 5.32 Å². The molecule has 96 valence electrons. The Balaban J connectivity index is 1.80. The highest BCUT2D eigenvalue weighted by Crippen LogP contribution is 2.32. The van der Waals surface area contributed by atoms with Gasteiger partial charge in [-0.1, -0.05) is 29.0 Å². The quantitative estimate of drug-likeness (QED) is 0.914. The topological polar surface area (TPSA) is 28.2 Å². The highest BCUT2D eigenvalue weighted by atomic mass is 35.5. The second-order valence-corrected chi connectivity index (χ2v) is 6.26.